The monoisotopic (exact) mass is 532 g/mol. The summed E-state index contributed by atoms with van der Waals surface area (Å²) in [6.07, 6.45) is 2.49. The number of ether oxygens (including phenoxy) is 2. The third-order valence-corrected chi connectivity index (χ3v) is 6.03. The van der Waals surface area contributed by atoms with Crippen molar-refractivity contribution in [2.24, 2.45) is 0 Å². The highest BCUT2D eigenvalue weighted by atomic mass is 35.5. The van der Waals surface area contributed by atoms with Crippen LogP contribution in [0.3, 0.4) is 0 Å². The highest BCUT2D eigenvalue weighted by molar-refractivity contribution is 8.27. The van der Waals surface area contributed by atoms with Gasteiger partial charge in [0.05, 0.1) is 28.3 Å². The quantitative estimate of drug-likeness (QED) is 0.123. The van der Waals surface area contributed by atoms with Gasteiger partial charge in [0.2, 0.25) is 11.1 Å². The number of anilines is 1. The number of nitro benzene ring substituents is 1. The van der Waals surface area contributed by atoms with Crippen LogP contribution in [0, 0.1) is 15.9 Å². The number of non-ortho nitro benzene ring substituents is 1. The number of nitro groups is 1. The Morgan fingerprint density at radius 3 is 2.83 bits per heavy atom. The van der Waals surface area contributed by atoms with Gasteiger partial charge in [-0.1, -0.05) is 36.1 Å². The fourth-order valence-electron chi connectivity index (χ4n) is 3.06. The van der Waals surface area contributed by atoms with E-state index < -0.39 is 16.6 Å². The molecule has 1 aliphatic rings. The van der Waals surface area contributed by atoms with Gasteiger partial charge in [-0.2, -0.15) is 9.37 Å². The van der Waals surface area contributed by atoms with Crippen molar-refractivity contribution in [2.45, 2.75) is 6.92 Å². The number of rotatable bonds is 7. The first kappa shape index (κ1) is 24.5. The molecule has 1 saturated heterocycles. The molecule has 0 N–H and O–H groups in total. The molecule has 0 atom stereocenters. The smallest absolute Gasteiger partial charge is 0.271 e. The lowest BCUT2D eigenvalue weighted by Crippen LogP contribution is -2.27. The van der Waals surface area contributed by atoms with Gasteiger partial charge in [-0.3, -0.25) is 19.8 Å². The third-order valence-electron chi connectivity index (χ3n) is 4.55. The lowest BCUT2D eigenvalue weighted by molar-refractivity contribution is -0.384. The van der Waals surface area contributed by atoms with Crippen molar-refractivity contribution in [3.8, 4) is 17.4 Å². The van der Waals surface area contributed by atoms with Crippen LogP contribution in [0.25, 0.3) is 6.08 Å². The van der Waals surface area contributed by atoms with Crippen molar-refractivity contribution in [3.63, 3.8) is 0 Å². The highest BCUT2D eigenvalue weighted by Gasteiger charge is 2.34. The summed E-state index contributed by atoms with van der Waals surface area (Å²) in [5.74, 6) is -1.12. The van der Waals surface area contributed by atoms with Crippen LogP contribution in [-0.2, 0) is 4.79 Å². The number of carbonyl (C=O) groups is 1. The number of halogens is 2. The first-order chi connectivity index (χ1) is 16.8. The van der Waals surface area contributed by atoms with E-state index in [2.05, 4.69) is 9.97 Å². The van der Waals surface area contributed by atoms with E-state index in [0.29, 0.717) is 22.8 Å². The van der Waals surface area contributed by atoms with Crippen molar-refractivity contribution in [2.75, 3.05) is 11.5 Å². The molecule has 1 aromatic heterocycles. The van der Waals surface area contributed by atoms with E-state index >= 15 is 0 Å². The number of nitrogens with zero attached hydrogens (tertiary/aromatic N) is 4. The number of thiocarbonyl (C=S) groups is 1. The molecule has 178 valence electrons. The van der Waals surface area contributed by atoms with Crippen LogP contribution >= 0.6 is 35.6 Å². The number of hydrogen-bond donors (Lipinski definition) is 0. The summed E-state index contributed by atoms with van der Waals surface area (Å²) in [6, 6.07) is 10.4. The molecule has 13 heteroatoms. The van der Waals surface area contributed by atoms with Crippen LogP contribution in [-0.4, -0.2) is 31.7 Å². The lowest BCUT2D eigenvalue weighted by atomic mass is 10.1. The molecule has 0 radical (unpaired) electrons. The van der Waals surface area contributed by atoms with Gasteiger partial charge in [-0.05, 0) is 48.4 Å². The summed E-state index contributed by atoms with van der Waals surface area (Å²) >= 11 is 12.1. The average molecular weight is 533 g/mol. The van der Waals surface area contributed by atoms with Gasteiger partial charge in [-0.15, -0.1) is 0 Å². The molecular weight excluding hydrogens is 519 g/mol. The first-order valence-corrected chi connectivity index (χ1v) is 11.5. The number of hydrogen-bond acceptors (Lipinski definition) is 9. The van der Waals surface area contributed by atoms with Gasteiger partial charge in [0.1, 0.15) is 0 Å². The van der Waals surface area contributed by atoms with E-state index in [1.807, 2.05) is 0 Å². The predicted octanol–water partition coefficient (Wildman–Crippen LogP) is 5.77. The molecule has 0 aliphatic carbocycles. The first-order valence-electron chi connectivity index (χ1n) is 9.92. The second-order valence-corrected chi connectivity index (χ2v) is 8.84. The zero-order chi connectivity index (χ0) is 25.1. The van der Waals surface area contributed by atoms with E-state index in [0.717, 1.165) is 18.0 Å². The van der Waals surface area contributed by atoms with Gasteiger partial charge < -0.3 is 9.47 Å². The number of benzene rings is 2. The van der Waals surface area contributed by atoms with Gasteiger partial charge in [0, 0.05) is 12.1 Å². The average Bonchev–Trinajstić information content (AvgIpc) is 3.10. The molecule has 9 nitrogen and oxygen atoms in total. The van der Waals surface area contributed by atoms with Crippen molar-refractivity contribution in [1.82, 2.24) is 9.97 Å². The number of aromatic nitrogens is 2. The Bertz CT molecular complexity index is 1390. The fourth-order valence-corrected chi connectivity index (χ4v) is 4.49. The fraction of sp³-hybridized carbons (Fsp3) is 0.0909. The summed E-state index contributed by atoms with van der Waals surface area (Å²) in [6.45, 7) is 2.06. The molecule has 35 heavy (non-hydrogen) atoms. The second kappa shape index (κ2) is 10.3. The Balaban J connectivity index is 1.63. The Morgan fingerprint density at radius 1 is 1.29 bits per heavy atom. The summed E-state index contributed by atoms with van der Waals surface area (Å²) in [5.41, 5.74) is 0.731. The number of carbonyl (C=O) groups excluding carboxylic acids is 1. The number of amides is 1. The topological polar surface area (TPSA) is 108 Å². The zero-order valence-corrected chi connectivity index (χ0v) is 20.2. The third kappa shape index (κ3) is 5.39. The zero-order valence-electron chi connectivity index (χ0n) is 17.8. The Morgan fingerprint density at radius 2 is 2.09 bits per heavy atom. The predicted molar refractivity (Wildman–Crippen MR) is 133 cm³/mol. The molecule has 1 fully saturated rings. The summed E-state index contributed by atoms with van der Waals surface area (Å²) < 4.78 is 25.4. The van der Waals surface area contributed by atoms with Crippen LogP contribution in [0.5, 0.6) is 17.4 Å². The van der Waals surface area contributed by atoms with E-state index in [1.54, 1.807) is 31.2 Å². The molecule has 4 rings (SSSR count). The van der Waals surface area contributed by atoms with Gasteiger partial charge in [0.25, 0.3) is 17.5 Å². The van der Waals surface area contributed by atoms with Crippen LogP contribution < -0.4 is 14.4 Å². The van der Waals surface area contributed by atoms with Gasteiger partial charge >= 0.3 is 0 Å². The van der Waals surface area contributed by atoms with Crippen LogP contribution in [0.15, 0.2) is 53.6 Å². The largest absolute Gasteiger partial charge is 0.490 e. The van der Waals surface area contributed by atoms with E-state index in [4.69, 9.17) is 33.3 Å². The van der Waals surface area contributed by atoms with Crippen molar-refractivity contribution >= 4 is 63.3 Å². The van der Waals surface area contributed by atoms with E-state index in [-0.39, 0.29) is 32.7 Å². The van der Waals surface area contributed by atoms with Crippen LogP contribution in [0.2, 0.25) is 5.28 Å². The van der Waals surface area contributed by atoms with Crippen molar-refractivity contribution in [1.29, 1.82) is 0 Å². The SMILES string of the molecule is CCOc1cc(/C=C2\SC(=S)N(c3cccc([N+](=O)[O-])c3)C2=O)ccc1Oc1nc(Cl)ncc1F. The Kier molecular flexibility index (Phi) is 7.24. The maximum absolute atomic E-state index is 14.0. The summed E-state index contributed by atoms with van der Waals surface area (Å²) in [7, 11) is 0. The molecule has 3 aromatic rings. The van der Waals surface area contributed by atoms with Crippen LogP contribution in [0.1, 0.15) is 12.5 Å². The molecule has 2 heterocycles. The standard InChI is InChI=1S/C22H14ClFN4O5S2/c1-2-32-17-8-12(6-7-16(17)33-19-15(24)11-25-21(23)26-19)9-18-20(29)27(22(34)35-18)13-4-3-5-14(10-13)28(30)31/h3-11H,2H2,1H3/b18-9-. The maximum Gasteiger partial charge on any atom is 0.271 e. The molecule has 1 amide bonds. The second-order valence-electron chi connectivity index (χ2n) is 6.83. The lowest BCUT2D eigenvalue weighted by Gasteiger charge is -2.14. The number of thioether (sulfide) groups is 1. The minimum absolute atomic E-state index is 0.154. The molecular formula is C22H14ClFN4O5S2. The van der Waals surface area contributed by atoms with Gasteiger partial charge in [0.15, 0.2) is 15.8 Å². The van der Waals surface area contributed by atoms with Crippen molar-refractivity contribution < 1.29 is 23.6 Å². The Labute approximate surface area is 212 Å². The minimum atomic E-state index is -0.800. The van der Waals surface area contributed by atoms with Crippen LogP contribution in [0.4, 0.5) is 15.8 Å². The van der Waals surface area contributed by atoms with Crippen molar-refractivity contribution in [3.05, 3.63) is 80.3 Å². The molecule has 0 bridgehead atoms. The molecule has 2 aromatic carbocycles. The molecule has 0 unspecified atom stereocenters. The molecule has 1 aliphatic heterocycles. The van der Waals surface area contributed by atoms with E-state index in [9.17, 15) is 19.3 Å². The maximum atomic E-state index is 14.0. The van der Waals surface area contributed by atoms with E-state index in [1.165, 1.54) is 29.2 Å². The summed E-state index contributed by atoms with van der Waals surface area (Å²) in [4.78, 5) is 32.4. The summed E-state index contributed by atoms with van der Waals surface area (Å²) in [5, 5.41) is 10.9. The molecule has 0 saturated carbocycles. The molecule has 0 spiro atoms. The highest BCUT2D eigenvalue weighted by Crippen LogP contribution is 2.39. The Hall–Kier alpha value is -3.61. The minimum Gasteiger partial charge on any atom is -0.490 e. The normalized spacial score (nSPS) is 14.5. The van der Waals surface area contributed by atoms with Gasteiger partial charge in [-0.25, -0.2) is 4.98 Å².